The molecule has 5 rings (SSSR count). The zero-order valence-corrected chi connectivity index (χ0v) is 13.2. The Morgan fingerprint density at radius 3 is 2.72 bits per heavy atom. The number of H-pyrrole nitrogens is 2. The molecule has 0 aliphatic carbocycles. The van der Waals surface area contributed by atoms with Crippen LogP contribution in [-0.2, 0) is 4.74 Å². The van der Waals surface area contributed by atoms with Crippen LogP contribution in [0.1, 0.15) is 0 Å². The van der Waals surface area contributed by atoms with Crippen molar-refractivity contribution in [3.8, 4) is 5.69 Å². The van der Waals surface area contributed by atoms with E-state index in [1.54, 1.807) is 6.20 Å². The second-order valence-electron chi connectivity index (χ2n) is 6.43. The molecule has 0 amide bonds. The van der Waals surface area contributed by atoms with Crippen molar-refractivity contribution in [2.75, 3.05) is 31.2 Å². The molecular weight excluding hydrogens is 326 g/mol. The summed E-state index contributed by atoms with van der Waals surface area (Å²) in [5.41, 5.74) is -0.352. The normalized spacial score (nSPS) is 22.6. The minimum atomic E-state index is -0.559. The zero-order valence-electron chi connectivity index (χ0n) is 13.2. The van der Waals surface area contributed by atoms with E-state index in [0.717, 1.165) is 37.5 Å². The van der Waals surface area contributed by atoms with E-state index in [9.17, 15) is 9.59 Å². The molecule has 0 radical (unpaired) electrons. The Bertz CT molecular complexity index is 1060. The molecule has 0 spiro atoms. The average molecular weight is 341 g/mol. The SMILES string of the molecule is O=c1[nH]cc(-n2cc3c(N4C[C@@H]5COC[C@H]5C4)ncnc3n2)c(=O)[nH]1. The second kappa shape index (κ2) is 5.24. The molecule has 2 fully saturated rings. The van der Waals surface area contributed by atoms with E-state index < -0.39 is 11.2 Å². The van der Waals surface area contributed by atoms with Gasteiger partial charge in [0.15, 0.2) is 5.65 Å². The van der Waals surface area contributed by atoms with Crippen molar-refractivity contribution in [3.63, 3.8) is 0 Å². The lowest BCUT2D eigenvalue weighted by molar-refractivity contribution is 0.177. The molecule has 25 heavy (non-hydrogen) atoms. The third-order valence-corrected chi connectivity index (χ3v) is 4.88. The standard InChI is InChI=1S/C15H15N7O3/c23-14-11(1-16-15(24)19-14)22-4-10-12(20-22)17-7-18-13(10)21-2-8-5-25-6-9(8)3-21/h1,4,7-9H,2-3,5-6H2,(H2,16,19,23,24)/t8-,9-/m1/s1. The van der Waals surface area contributed by atoms with Crippen LogP contribution in [0.25, 0.3) is 16.7 Å². The van der Waals surface area contributed by atoms with E-state index in [-0.39, 0.29) is 5.69 Å². The first-order valence-corrected chi connectivity index (χ1v) is 8.04. The summed E-state index contributed by atoms with van der Waals surface area (Å²) < 4.78 is 6.94. The summed E-state index contributed by atoms with van der Waals surface area (Å²) in [6, 6.07) is 0. The van der Waals surface area contributed by atoms with Crippen LogP contribution in [-0.4, -0.2) is 56.0 Å². The van der Waals surface area contributed by atoms with Crippen molar-refractivity contribution >= 4 is 16.9 Å². The summed E-state index contributed by atoms with van der Waals surface area (Å²) in [5.74, 6) is 1.87. The molecule has 2 aliphatic heterocycles. The Kier molecular flexibility index (Phi) is 3.01. The molecule has 5 heterocycles. The number of aromatic nitrogens is 6. The molecule has 2 aliphatic rings. The number of hydrogen-bond acceptors (Lipinski definition) is 7. The van der Waals surface area contributed by atoms with Gasteiger partial charge in [0.05, 0.1) is 18.6 Å². The van der Waals surface area contributed by atoms with Gasteiger partial charge in [0.1, 0.15) is 17.8 Å². The fourth-order valence-electron chi connectivity index (χ4n) is 3.63. The van der Waals surface area contributed by atoms with E-state index >= 15 is 0 Å². The fraction of sp³-hybridized carbons (Fsp3) is 0.400. The number of fused-ring (bicyclic) bond motifs is 2. The number of hydrogen-bond donors (Lipinski definition) is 2. The molecule has 0 unspecified atom stereocenters. The van der Waals surface area contributed by atoms with Gasteiger partial charge in [-0.05, 0) is 0 Å². The van der Waals surface area contributed by atoms with Crippen LogP contribution in [0.2, 0.25) is 0 Å². The van der Waals surface area contributed by atoms with Crippen LogP contribution in [0.15, 0.2) is 28.3 Å². The van der Waals surface area contributed by atoms with E-state index in [0.29, 0.717) is 17.5 Å². The lowest BCUT2D eigenvalue weighted by atomic mass is 10.0. The summed E-state index contributed by atoms with van der Waals surface area (Å²) in [6.07, 6.45) is 4.53. The average Bonchev–Trinajstić information content (AvgIpc) is 3.28. The van der Waals surface area contributed by atoms with Crippen molar-refractivity contribution in [1.29, 1.82) is 0 Å². The van der Waals surface area contributed by atoms with Gasteiger partial charge in [0, 0.05) is 37.3 Å². The van der Waals surface area contributed by atoms with Crippen molar-refractivity contribution in [2.45, 2.75) is 0 Å². The topological polar surface area (TPSA) is 122 Å². The molecule has 0 aromatic carbocycles. The number of anilines is 1. The van der Waals surface area contributed by atoms with Crippen LogP contribution in [0, 0.1) is 11.8 Å². The Labute approximate surface area is 140 Å². The Hall–Kier alpha value is -3.01. The number of aromatic amines is 2. The smallest absolute Gasteiger partial charge is 0.325 e. The highest BCUT2D eigenvalue weighted by Crippen LogP contribution is 2.34. The van der Waals surface area contributed by atoms with E-state index in [1.165, 1.54) is 17.2 Å². The third-order valence-electron chi connectivity index (χ3n) is 4.88. The van der Waals surface area contributed by atoms with E-state index in [4.69, 9.17) is 4.74 Å². The molecule has 10 nitrogen and oxygen atoms in total. The minimum absolute atomic E-state index is 0.218. The van der Waals surface area contributed by atoms with E-state index in [2.05, 4.69) is 29.9 Å². The van der Waals surface area contributed by atoms with Gasteiger partial charge in [-0.1, -0.05) is 0 Å². The van der Waals surface area contributed by atoms with Crippen molar-refractivity contribution in [2.24, 2.45) is 11.8 Å². The van der Waals surface area contributed by atoms with Crippen LogP contribution in [0.4, 0.5) is 5.82 Å². The number of ether oxygens (including phenoxy) is 1. The number of rotatable bonds is 2. The summed E-state index contributed by atoms with van der Waals surface area (Å²) >= 11 is 0. The maximum Gasteiger partial charge on any atom is 0.325 e. The molecule has 2 atom stereocenters. The van der Waals surface area contributed by atoms with Gasteiger partial charge in [-0.25, -0.2) is 19.4 Å². The molecule has 0 bridgehead atoms. The Balaban J connectivity index is 1.59. The van der Waals surface area contributed by atoms with Gasteiger partial charge in [0.2, 0.25) is 0 Å². The summed E-state index contributed by atoms with van der Waals surface area (Å²) in [4.78, 5) is 38.7. The largest absolute Gasteiger partial charge is 0.381 e. The number of nitrogens with zero attached hydrogens (tertiary/aromatic N) is 5. The van der Waals surface area contributed by atoms with E-state index in [1.807, 2.05) is 0 Å². The van der Waals surface area contributed by atoms with Gasteiger partial charge in [-0.15, -0.1) is 5.10 Å². The van der Waals surface area contributed by atoms with Crippen LogP contribution in [0.5, 0.6) is 0 Å². The quantitative estimate of drug-likeness (QED) is 0.630. The fourth-order valence-corrected chi connectivity index (χ4v) is 3.63. The predicted molar refractivity (Wildman–Crippen MR) is 87.9 cm³/mol. The van der Waals surface area contributed by atoms with Gasteiger partial charge < -0.3 is 14.6 Å². The monoisotopic (exact) mass is 341 g/mol. The molecule has 2 N–H and O–H groups in total. The summed E-state index contributed by atoms with van der Waals surface area (Å²) in [6.45, 7) is 3.37. The van der Waals surface area contributed by atoms with Crippen molar-refractivity contribution in [1.82, 2.24) is 29.7 Å². The highest BCUT2D eigenvalue weighted by Gasteiger charge is 2.38. The van der Waals surface area contributed by atoms with Crippen molar-refractivity contribution in [3.05, 3.63) is 39.6 Å². The summed E-state index contributed by atoms with van der Waals surface area (Å²) in [7, 11) is 0. The molecular formula is C15H15N7O3. The molecule has 3 aromatic rings. The maximum atomic E-state index is 12.0. The highest BCUT2D eigenvalue weighted by molar-refractivity contribution is 5.86. The first-order chi connectivity index (χ1) is 12.2. The zero-order chi connectivity index (χ0) is 17.0. The predicted octanol–water partition coefficient (Wildman–Crippen LogP) is -0.725. The minimum Gasteiger partial charge on any atom is -0.381 e. The molecule has 3 aromatic heterocycles. The lowest BCUT2D eigenvalue weighted by Crippen LogP contribution is -2.25. The van der Waals surface area contributed by atoms with Gasteiger partial charge in [-0.2, -0.15) is 0 Å². The first kappa shape index (κ1) is 14.3. The Morgan fingerprint density at radius 1 is 1.16 bits per heavy atom. The maximum absolute atomic E-state index is 12.0. The summed E-state index contributed by atoms with van der Waals surface area (Å²) in [5, 5.41) is 5.12. The second-order valence-corrected chi connectivity index (χ2v) is 6.43. The van der Waals surface area contributed by atoms with Gasteiger partial charge >= 0.3 is 5.69 Å². The lowest BCUT2D eigenvalue weighted by Gasteiger charge is -2.18. The Morgan fingerprint density at radius 2 is 1.96 bits per heavy atom. The van der Waals surface area contributed by atoms with Gasteiger partial charge in [-0.3, -0.25) is 9.78 Å². The molecule has 0 saturated carbocycles. The van der Waals surface area contributed by atoms with Crippen LogP contribution < -0.4 is 16.1 Å². The molecule has 10 heteroatoms. The van der Waals surface area contributed by atoms with Crippen LogP contribution >= 0.6 is 0 Å². The van der Waals surface area contributed by atoms with Crippen molar-refractivity contribution < 1.29 is 4.74 Å². The number of nitrogens with one attached hydrogen (secondary N) is 2. The first-order valence-electron chi connectivity index (χ1n) is 8.04. The third kappa shape index (κ3) is 2.25. The van der Waals surface area contributed by atoms with Crippen LogP contribution in [0.3, 0.4) is 0 Å². The molecule has 128 valence electrons. The molecule has 2 saturated heterocycles. The van der Waals surface area contributed by atoms with Gasteiger partial charge in [0.25, 0.3) is 5.56 Å². The highest BCUT2D eigenvalue weighted by atomic mass is 16.5.